The van der Waals surface area contributed by atoms with E-state index in [2.05, 4.69) is 29.2 Å². The number of nitrogens with zero attached hydrogens (tertiary/aromatic N) is 2. The zero-order chi connectivity index (χ0) is 20.1. The highest BCUT2D eigenvalue weighted by atomic mass is 16.5. The zero-order valence-corrected chi connectivity index (χ0v) is 17.3. The van der Waals surface area contributed by atoms with Crippen molar-refractivity contribution in [2.24, 2.45) is 5.92 Å². The largest absolute Gasteiger partial charge is 0.488 e. The van der Waals surface area contributed by atoms with Gasteiger partial charge in [-0.15, -0.1) is 0 Å². The number of nitrogens with one attached hydrogen (secondary N) is 1. The van der Waals surface area contributed by atoms with E-state index in [1.807, 2.05) is 32.0 Å². The second-order valence-electron chi connectivity index (χ2n) is 7.97. The van der Waals surface area contributed by atoms with E-state index < -0.39 is 0 Å². The maximum Gasteiger partial charge on any atom is 0.255 e. The van der Waals surface area contributed by atoms with Gasteiger partial charge in [-0.05, 0) is 58.2 Å². The lowest BCUT2D eigenvalue weighted by atomic mass is 10.00. The Hall–Kier alpha value is -2.34. The maximum absolute atomic E-state index is 12.8. The first kappa shape index (κ1) is 20.4. The maximum atomic E-state index is 12.8. The summed E-state index contributed by atoms with van der Waals surface area (Å²) in [6.07, 6.45) is 2.54. The Kier molecular flexibility index (Phi) is 6.73. The number of piperidine rings is 1. The lowest BCUT2D eigenvalue weighted by Gasteiger charge is -2.32. The molecule has 1 aromatic heterocycles. The van der Waals surface area contributed by atoms with E-state index in [9.17, 15) is 4.79 Å². The summed E-state index contributed by atoms with van der Waals surface area (Å²) in [5, 5.41) is 7.07. The van der Waals surface area contributed by atoms with Crippen molar-refractivity contribution in [3.63, 3.8) is 0 Å². The number of likely N-dealkylation sites (tertiary alicyclic amines) is 1. The number of rotatable bonds is 7. The number of hydrogen-bond donors (Lipinski definition) is 1. The number of benzene rings is 1. The molecule has 28 heavy (non-hydrogen) atoms. The Labute approximate surface area is 167 Å². The van der Waals surface area contributed by atoms with Gasteiger partial charge in [-0.25, -0.2) is 0 Å². The van der Waals surface area contributed by atoms with Gasteiger partial charge >= 0.3 is 0 Å². The van der Waals surface area contributed by atoms with E-state index in [0.29, 0.717) is 17.9 Å². The van der Waals surface area contributed by atoms with Crippen LogP contribution in [0.25, 0.3) is 0 Å². The zero-order valence-electron chi connectivity index (χ0n) is 17.3. The molecule has 2 aromatic rings. The van der Waals surface area contributed by atoms with Crippen LogP contribution in [0.1, 0.15) is 54.1 Å². The van der Waals surface area contributed by atoms with Crippen LogP contribution in [0.2, 0.25) is 0 Å². The van der Waals surface area contributed by atoms with Gasteiger partial charge in [0.2, 0.25) is 0 Å². The summed E-state index contributed by atoms with van der Waals surface area (Å²) >= 11 is 0. The summed E-state index contributed by atoms with van der Waals surface area (Å²) < 4.78 is 11.1. The number of aryl methyl sites for hydroxylation is 2. The van der Waals surface area contributed by atoms with Crippen LogP contribution in [0.15, 0.2) is 28.8 Å². The Morgan fingerprint density at radius 1 is 1.39 bits per heavy atom. The lowest BCUT2D eigenvalue weighted by molar-refractivity contribution is 0.0915. The average molecular weight is 386 g/mol. The van der Waals surface area contributed by atoms with Crippen LogP contribution in [0, 0.1) is 19.8 Å². The third kappa shape index (κ3) is 5.13. The fourth-order valence-electron chi connectivity index (χ4n) is 3.82. The fourth-order valence-corrected chi connectivity index (χ4v) is 3.82. The SMILES string of the molecule is Cc1noc(C)c1COc1ccccc1C(=O)NC(C)CN1CCCC(C)C1. The van der Waals surface area contributed by atoms with E-state index >= 15 is 0 Å². The molecule has 0 bridgehead atoms. The van der Waals surface area contributed by atoms with Crippen molar-refractivity contribution in [2.45, 2.75) is 53.2 Å². The third-order valence-electron chi connectivity index (χ3n) is 5.34. The van der Waals surface area contributed by atoms with Gasteiger partial charge in [0.25, 0.3) is 5.91 Å². The minimum Gasteiger partial charge on any atom is -0.488 e. The molecule has 6 heteroatoms. The van der Waals surface area contributed by atoms with Crippen molar-refractivity contribution >= 4 is 5.91 Å². The van der Waals surface area contributed by atoms with Crippen molar-refractivity contribution in [1.29, 1.82) is 0 Å². The average Bonchev–Trinajstić information content (AvgIpc) is 2.98. The Morgan fingerprint density at radius 3 is 2.89 bits per heavy atom. The van der Waals surface area contributed by atoms with Gasteiger partial charge in [-0.2, -0.15) is 0 Å². The minimum absolute atomic E-state index is 0.0772. The van der Waals surface area contributed by atoms with Crippen molar-refractivity contribution in [1.82, 2.24) is 15.4 Å². The van der Waals surface area contributed by atoms with Crippen LogP contribution in [-0.4, -0.2) is 41.6 Å². The predicted molar refractivity (Wildman–Crippen MR) is 109 cm³/mol. The first-order valence-corrected chi connectivity index (χ1v) is 10.1. The molecule has 2 atom stereocenters. The van der Waals surface area contributed by atoms with Crippen LogP contribution in [-0.2, 0) is 6.61 Å². The van der Waals surface area contributed by atoms with Crippen LogP contribution < -0.4 is 10.1 Å². The normalized spacial score (nSPS) is 18.6. The summed E-state index contributed by atoms with van der Waals surface area (Å²) in [5.74, 6) is 1.93. The molecule has 1 aliphatic rings. The van der Waals surface area contributed by atoms with Gasteiger partial charge in [-0.1, -0.05) is 24.2 Å². The van der Waals surface area contributed by atoms with Crippen LogP contribution in [0.4, 0.5) is 0 Å². The molecule has 1 amide bonds. The molecule has 0 aliphatic carbocycles. The van der Waals surface area contributed by atoms with E-state index in [0.717, 1.165) is 42.6 Å². The van der Waals surface area contributed by atoms with Gasteiger partial charge in [-0.3, -0.25) is 4.79 Å². The monoisotopic (exact) mass is 385 g/mol. The number of carbonyl (C=O) groups is 1. The number of hydrogen-bond acceptors (Lipinski definition) is 5. The molecule has 1 aromatic carbocycles. The summed E-state index contributed by atoms with van der Waals surface area (Å²) in [5.41, 5.74) is 2.28. The highest BCUT2D eigenvalue weighted by Gasteiger charge is 2.20. The number of carbonyl (C=O) groups excluding carboxylic acids is 1. The van der Waals surface area contributed by atoms with E-state index in [4.69, 9.17) is 9.26 Å². The van der Waals surface area contributed by atoms with Gasteiger partial charge in [0, 0.05) is 19.1 Å². The molecule has 1 saturated heterocycles. The molecule has 6 nitrogen and oxygen atoms in total. The Morgan fingerprint density at radius 2 is 2.18 bits per heavy atom. The second-order valence-corrected chi connectivity index (χ2v) is 7.97. The Bertz CT molecular complexity index is 783. The molecule has 0 radical (unpaired) electrons. The molecular formula is C22H31N3O3. The first-order valence-electron chi connectivity index (χ1n) is 10.1. The van der Waals surface area contributed by atoms with Crippen molar-refractivity contribution < 1.29 is 14.1 Å². The topological polar surface area (TPSA) is 67.6 Å². The van der Waals surface area contributed by atoms with Gasteiger partial charge in [0.05, 0.1) is 16.8 Å². The highest BCUT2D eigenvalue weighted by molar-refractivity contribution is 5.97. The minimum atomic E-state index is -0.105. The van der Waals surface area contributed by atoms with Crippen molar-refractivity contribution in [3.8, 4) is 5.75 Å². The van der Waals surface area contributed by atoms with Crippen LogP contribution in [0.5, 0.6) is 5.75 Å². The van der Waals surface area contributed by atoms with Gasteiger partial charge in [0.15, 0.2) is 0 Å². The van der Waals surface area contributed by atoms with Gasteiger partial charge < -0.3 is 19.5 Å². The molecule has 0 spiro atoms. The van der Waals surface area contributed by atoms with Crippen molar-refractivity contribution in [2.75, 3.05) is 19.6 Å². The molecule has 0 saturated carbocycles. The van der Waals surface area contributed by atoms with E-state index in [-0.39, 0.29) is 11.9 Å². The molecule has 1 aliphatic heterocycles. The number of ether oxygens (including phenoxy) is 1. The number of para-hydroxylation sites is 1. The standard InChI is InChI=1S/C22H31N3O3/c1-15-8-7-11-25(12-15)13-16(2)23-22(26)19-9-5-6-10-21(19)27-14-20-17(3)24-28-18(20)4/h5-6,9-10,15-16H,7-8,11-14H2,1-4H3,(H,23,26). The number of aromatic nitrogens is 1. The van der Waals surface area contributed by atoms with Crippen molar-refractivity contribution in [3.05, 3.63) is 46.8 Å². The smallest absolute Gasteiger partial charge is 0.255 e. The molecule has 2 heterocycles. The summed E-state index contributed by atoms with van der Waals surface area (Å²) in [7, 11) is 0. The van der Waals surface area contributed by atoms with Crippen LogP contribution >= 0.6 is 0 Å². The van der Waals surface area contributed by atoms with Gasteiger partial charge in [0.1, 0.15) is 18.1 Å². The van der Waals surface area contributed by atoms with Crippen LogP contribution in [0.3, 0.4) is 0 Å². The summed E-state index contributed by atoms with van der Waals surface area (Å²) in [6, 6.07) is 7.43. The Balaban J connectivity index is 1.60. The third-order valence-corrected chi connectivity index (χ3v) is 5.34. The highest BCUT2D eigenvalue weighted by Crippen LogP contribution is 2.22. The molecule has 2 unspecified atom stereocenters. The van der Waals surface area contributed by atoms with E-state index in [1.54, 1.807) is 6.07 Å². The molecule has 152 valence electrons. The number of amides is 1. The predicted octanol–water partition coefficient (Wildman–Crippen LogP) is 3.72. The quantitative estimate of drug-likeness (QED) is 0.787. The first-order chi connectivity index (χ1) is 13.4. The molecule has 3 rings (SSSR count). The second kappa shape index (κ2) is 9.24. The summed E-state index contributed by atoms with van der Waals surface area (Å²) in [4.78, 5) is 15.3. The lowest BCUT2D eigenvalue weighted by Crippen LogP contribution is -2.45. The fraction of sp³-hybridized carbons (Fsp3) is 0.545. The summed E-state index contributed by atoms with van der Waals surface area (Å²) in [6.45, 7) is 11.5. The molecule has 1 fully saturated rings. The molecular weight excluding hydrogens is 354 g/mol. The van der Waals surface area contributed by atoms with E-state index in [1.165, 1.54) is 12.8 Å². The molecule has 1 N–H and O–H groups in total.